The van der Waals surface area contributed by atoms with Gasteiger partial charge in [0.15, 0.2) is 0 Å². The van der Waals surface area contributed by atoms with Crippen LogP contribution in [0.5, 0.6) is 0 Å². The van der Waals surface area contributed by atoms with Crippen molar-refractivity contribution >= 4 is 25.4 Å². The van der Waals surface area contributed by atoms with Gasteiger partial charge in [-0.05, 0) is 12.1 Å². The maximum atomic E-state index is 13.0. The van der Waals surface area contributed by atoms with Crippen LogP contribution in [-0.4, -0.2) is 8.07 Å². The summed E-state index contributed by atoms with van der Waals surface area (Å²) in [5.41, 5.74) is 9.64. The Morgan fingerprint density at radius 1 is 1.33 bits per heavy atom. The van der Waals surface area contributed by atoms with Gasteiger partial charge in [0.25, 0.3) is 0 Å². The molecule has 0 aliphatic heterocycles. The number of benzene rings is 1. The first-order valence-electron chi connectivity index (χ1n) is 4.57. The highest BCUT2D eigenvalue weighted by Crippen LogP contribution is 2.23. The van der Waals surface area contributed by atoms with Crippen LogP contribution < -0.4 is 5.73 Å². The number of hydrogen-bond acceptors (Lipinski definition) is 1. The lowest BCUT2D eigenvalue weighted by molar-refractivity contribution is 0.628. The molecule has 1 nitrogen and oxygen atoms in total. The summed E-state index contributed by atoms with van der Waals surface area (Å²) in [7, 11) is -1.48. The minimum atomic E-state index is -1.48. The van der Waals surface area contributed by atoms with E-state index >= 15 is 0 Å². The molecule has 1 aromatic rings. The van der Waals surface area contributed by atoms with Crippen molar-refractivity contribution in [3.8, 4) is 11.5 Å². The van der Waals surface area contributed by atoms with Crippen LogP contribution in [0.2, 0.25) is 24.7 Å². The Labute approximate surface area is 95.4 Å². The van der Waals surface area contributed by atoms with Gasteiger partial charge in [-0.25, -0.2) is 4.39 Å². The minimum absolute atomic E-state index is 0.217. The average Bonchev–Trinajstić information content (AvgIpc) is 2.07. The fraction of sp³-hybridized carbons (Fsp3) is 0.273. The Morgan fingerprint density at radius 2 is 1.93 bits per heavy atom. The quantitative estimate of drug-likeness (QED) is 0.421. The van der Waals surface area contributed by atoms with E-state index in [1.165, 1.54) is 12.1 Å². The van der Waals surface area contributed by atoms with E-state index in [2.05, 4.69) is 31.1 Å². The molecule has 0 aromatic heterocycles. The Balaban J connectivity index is 3.20. The van der Waals surface area contributed by atoms with Crippen molar-refractivity contribution in [2.45, 2.75) is 19.6 Å². The van der Waals surface area contributed by atoms with Crippen molar-refractivity contribution in [2.75, 3.05) is 5.73 Å². The summed E-state index contributed by atoms with van der Waals surface area (Å²) in [5, 5.41) is 0.217. The second-order valence-electron chi connectivity index (χ2n) is 4.35. The molecule has 0 aliphatic rings. The van der Waals surface area contributed by atoms with Crippen LogP contribution in [0, 0.1) is 17.3 Å². The molecule has 80 valence electrons. The molecule has 0 saturated heterocycles. The topological polar surface area (TPSA) is 26.0 Å². The first kappa shape index (κ1) is 12.1. The number of hydrogen-bond donors (Lipinski definition) is 1. The molecule has 0 bridgehead atoms. The minimum Gasteiger partial charge on any atom is -0.397 e. The molecule has 0 fully saturated rings. The van der Waals surface area contributed by atoms with E-state index in [-0.39, 0.29) is 5.02 Å². The van der Waals surface area contributed by atoms with Gasteiger partial charge in [-0.2, -0.15) is 0 Å². The maximum absolute atomic E-state index is 13.0. The number of nitrogens with two attached hydrogens (primary N) is 1. The van der Waals surface area contributed by atoms with Gasteiger partial charge in [0.05, 0.1) is 16.3 Å². The largest absolute Gasteiger partial charge is 0.397 e. The molecule has 0 atom stereocenters. The summed E-state index contributed by atoms with van der Waals surface area (Å²) in [4.78, 5) is 0. The monoisotopic (exact) mass is 241 g/mol. The van der Waals surface area contributed by atoms with Gasteiger partial charge in [-0.1, -0.05) is 37.2 Å². The summed E-state index contributed by atoms with van der Waals surface area (Å²) < 4.78 is 13.0. The highest BCUT2D eigenvalue weighted by molar-refractivity contribution is 6.83. The summed E-state index contributed by atoms with van der Waals surface area (Å²) in [6.45, 7) is 6.32. The first-order valence-corrected chi connectivity index (χ1v) is 8.45. The number of halogens is 2. The van der Waals surface area contributed by atoms with Crippen LogP contribution >= 0.6 is 11.6 Å². The van der Waals surface area contributed by atoms with Crippen molar-refractivity contribution in [2.24, 2.45) is 0 Å². The third-order valence-electron chi connectivity index (χ3n) is 1.67. The summed E-state index contributed by atoms with van der Waals surface area (Å²) >= 11 is 5.75. The van der Waals surface area contributed by atoms with Crippen molar-refractivity contribution in [1.29, 1.82) is 0 Å². The lowest BCUT2D eigenvalue weighted by Gasteiger charge is -2.05. The Bertz CT molecular complexity index is 440. The van der Waals surface area contributed by atoms with E-state index in [0.717, 1.165) is 0 Å². The zero-order valence-electron chi connectivity index (χ0n) is 8.99. The standard InChI is InChI=1S/C11H13ClFNSi/c1-15(2,3)5-4-8-6-9(13)7-10(12)11(8)14/h6-7H,14H2,1-3H3. The van der Waals surface area contributed by atoms with Gasteiger partial charge in [-0.3, -0.25) is 0 Å². The first-order chi connectivity index (χ1) is 6.79. The number of anilines is 1. The van der Waals surface area contributed by atoms with E-state index in [1.807, 2.05) is 0 Å². The van der Waals surface area contributed by atoms with Gasteiger partial charge in [-0.15, -0.1) is 5.54 Å². The number of rotatable bonds is 0. The van der Waals surface area contributed by atoms with E-state index < -0.39 is 13.9 Å². The van der Waals surface area contributed by atoms with Crippen LogP contribution in [0.4, 0.5) is 10.1 Å². The van der Waals surface area contributed by atoms with Gasteiger partial charge in [0.2, 0.25) is 0 Å². The van der Waals surface area contributed by atoms with Crippen LogP contribution in [0.1, 0.15) is 5.56 Å². The highest BCUT2D eigenvalue weighted by atomic mass is 35.5. The van der Waals surface area contributed by atoms with E-state index in [0.29, 0.717) is 11.3 Å². The predicted molar refractivity (Wildman–Crippen MR) is 66.0 cm³/mol. The molecular weight excluding hydrogens is 229 g/mol. The summed E-state index contributed by atoms with van der Waals surface area (Å²) in [6.07, 6.45) is 0. The van der Waals surface area contributed by atoms with Crippen molar-refractivity contribution in [3.63, 3.8) is 0 Å². The van der Waals surface area contributed by atoms with Gasteiger partial charge in [0, 0.05) is 0 Å². The normalized spacial score (nSPS) is 10.7. The smallest absolute Gasteiger partial charge is 0.129 e. The van der Waals surface area contributed by atoms with Crippen LogP contribution in [0.3, 0.4) is 0 Å². The van der Waals surface area contributed by atoms with Gasteiger partial charge < -0.3 is 5.73 Å². The third-order valence-corrected chi connectivity index (χ3v) is 2.85. The van der Waals surface area contributed by atoms with E-state index in [1.54, 1.807) is 0 Å². The molecule has 0 unspecified atom stereocenters. The van der Waals surface area contributed by atoms with Crippen molar-refractivity contribution in [3.05, 3.63) is 28.5 Å². The molecule has 1 aromatic carbocycles. The number of nitrogen functional groups attached to an aromatic ring is 1. The van der Waals surface area contributed by atoms with Crippen LogP contribution in [0.25, 0.3) is 0 Å². The second kappa shape index (κ2) is 4.26. The lowest BCUT2D eigenvalue weighted by Crippen LogP contribution is -2.16. The van der Waals surface area contributed by atoms with Crippen molar-refractivity contribution < 1.29 is 4.39 Å². The fourth-order valence-electron chi connectivity index (χ4n) is 0.943. The maximum Gasteiger partial charge on any atom is 0.129 e. The highest BCUT2D eigenvalue weighted by Gasteiger charge is 2.09. The molecule has 2 N–H and O–H groups in total. The van der Waals surface area contributed by atoms with E-state index in [9.17, 15) is 4.39 Å². The average molecular weight is 242 g/mol. The molecule has 4 heteroatoms. The van der Waals surface area contributed by atoms with Crippen LogP contribution in [0.15, 0.2) is 12.1 Å². The predicted octanol–water partition coefficient (Wildman–Crippen LogP) is 3.29. The summed E-state index contributed by atoms with van der Waals surface area (Å²) in [6, 6.07) is 2.50. The van der Waals surface area contributed by atoms with Crippen LogP contribution in [-0.2, 0) is 0 Å². The molecule has 0 radical (unpaired) electrons. The lowest BCUT2D eigenvalue weighted by atomic mass is 10.2. The third kappa shape index (κ3) is 3.58. The Morgan fingerprint density at radius 3 is 2.47 bits per heavy atom. The van der Waals surface area contributed by atoms with Gasteiger partial charge >= 0.3 is 0 Å². The zero-order chi connectivity index (χ0) is 11.6. The fourth-order valence-corrected chi connectivity index (χ4v) is 1.66. The molecule has 0 saturated carbocycles. The zero-order valence-corrected chi connectivity index (χ0v) is 10.7. The Hall–Kier alpha value is -0.983. The summed E-state index contributed by atoms with van der Waals surface area (Å²) in [5.74, 6) is 2.49. The SMILES string of the molecule is C[Si](C)(C)C#Cc1cc(F)cc(Cl)c1N. The Kier molecular flexibility index (Phi) is 3.43. The second-order valence-corrected chi connectivity index (χ2v) is 9.51. The molecule has 0 amide bonds. The van der Waals surface area contributed by atoms with Gasteiger partial charge in [0.1, 0.15) is 13.9 Å². The molecule has 1 rings (SSSR count). The van der Waals surface area contributed by atoms with E-state index in [4.69, 9.17) is 17.3 Å². The molecular formula is C11H13ClFNSi. The molecule has 0 heterocycles. The molecule has 0 aliphatic carbocycles. The molecule has 0 spiro atoms. The van der Waals surface area contributed by atoms with Crippen molar-refractivity contribution in [1.82, 2.24) is 0 Å². The molecule has 15 heavy (non-hydrogen) atoms.